The fourth-order valence-electron chi connectivity index (χ4n) is 4.35. The van der Waals surface area contributed by atoms with E-state index >= 15 is 0 Å². The van der Waals surface area contributed by atoms with Gasteiger partial charge < -0.3 is 38.6 Å². The smallest absolute Gasteiger partial charge is 0.410 e. The summed E-state index contributed by atoms with van der Waals surface area (Å²) in [5.74, 6) is 0. The van der Waals surface area contributed by atoms with Gasteiger partial charge in [0.05, 0.1) is 69.4 Å². The van der Waals surface area contributed by atoms with Crippen molar-refractivity contribution in [3.63, 3.8) is 0 Å². The predicted molar refractivity (Wildman–Crippen MR) is 124 cm³/mol. The zero-order valence-electron chi connectivity index (χ0n) is 21.7. The number of rotatable bonds is 6. The van der Waals surface area contributed by atoms with Gasteiger partial charge >= 0.3 is 12.2 Å². The van der Waals surface area contributed by atoms with E-state index < -0.39 is 22.9 Å². The van der Waals surface area contributed by atoms with Crippen molar-refractivity contribution in [1.82, 2.24) is 9.80 Å². The highest BCUT2D eigenvalue weighted by atomic mass is 16.6. The Kier molecular flexibility index (Phi) is 7.77. The molecule has 1 saturated carbocycles. The van der Waals surface area contributed by atoms with Crippen LogP contribution < -0.4 is 0 Å². The number of amides is 2. The molecular weight excluding hydrogens is 444 g/mol. The monoisotopic (exact) mass is 486 g/mol. The van der Waals surface area contributed by atoms with Crippen LogP contribution in [0.4, 0.5) is 9.59 Å². The lowest BCUT2D eigenvalue weighted by Gasteiger charge is -2.43. The van der Waals surface area contributed by atoms with Gasteiger partial charge in [0.1, 0.15) is 11.2 Å². The second-order valence-corrected chi connectivity index (χ2v) is 12.0. The first kappa shape index (κ1) is 27.0. The molecule has 0 bridgehead atoms. The lowest BCUT2D eigenvalue weighted by molar-refractivity contribution is -0.160. The van der Waals surface area contributed by atoms with Crippen LogP contribution in [0, 0.1) is 0 Å². The van der Waals surface area contributed by atoms with Crippen molar-refractivity contribution in [2.45, 2.75) is 95.9 Å². The number of hydrogen-bond donors (Lipinski definition) is 1. The van der Waals surface area contributed by atoms with Crippen molar-refractivity contribution in [2.75, 3.05) is 46.0 Å². The highest BCUT2D eigenvalue weighted by Gasteiger charge is 2.51. The van der Waals surface area contributed by atoms with Gasteiger partial charge in [-0.3, -0.25) is 0 Å². The molecule has 0 radical (unpaired) electrons. The summed E-state index contributed by atoms with van der Waals surface area (Å²) in [6.45, 7) is 14.8. The number of carbonyl (C=O) groups excluding carboxylic acids is 2. The van der Waals surface area contributed by atoms with Crippen molar-refractivity contribution in [3.8, 4) is 0 Å². The number of ether oxygens (including phenoxy) is 5. The minimum Gasteiger partial charge on any atom is -0.444 e. The maximum Gasteiger partial charge on any atom is 0.410 e. The van der Waals surface area contributed by atoms with E-state index in [1.807, 2.05) is 34.6 Å². The summed E-state index contributed by atoms with van der Waals surface area (Å²) in [5, 5.41) is 9.50. The summed E-state index contributed by atoms with van der Waals surface area (Å²) >= 11 is 0. The average molecular weight is 487 g/mol. The van der Waals surface area contributed by atoms with Crippen LogP contribution in [0.25, 0.3) is 0 Å². The van der Waals surface area contributed by atoms with Crippen molar-refractivity contribution in [1.29, 1.82) is 0 Å². The van der Waals surface area contributed by atoms with Crippen LogP contribution in [-0.2, 0) is 23.7 Å². The number of hydrogen-bond acceptors (Lipinski definition) is 8. The van der Waals surface area contributed by atoms with E-state index in [-0.39, 0.29) is 43.7 Å². The first-order valence-electron chi connectivity index (χ1n) is 12.1. The Morgan fingerprint density at radius 2 is 1.53 bits per heavy atom. The Balaban J connectivity index is 1.48. The Morgan fingerprint density at radius 1 is 0.941 bits per heavy atom. The van der Waals surface area contributed by atoms with Crippen molar-refractivity contribution < 1.29 is 38.4 Å². The van der Waals surface area contributed by atoms with Crippen LogP contribution in [0.2, 0.25) is 0 Å². The molecule has 196 valence electrons. The van der Waals surface area contributed by atoms with Crippen LogP contribution in [0.5, 0.6) is 0 Å². The first-order chi connectivity index (χ1) is 15.6. The standard InChI is InChI=1S/C24H42N2O8/c1-21(2,3)33-19(28)25-11-18(31-22(4,5)14-25)13-30-16-23(6,7)34-20(29)26-10-17(12-27)32-24(15-26)8-9-24/h17-18,27H,8-16H2,1-7H3/t17-,18-/m0/s1. The second-order valence-electron chi connectivity index (χ2n) is 12.0. The van der Waals surface area contributed by atoms with Crippen LogP contribution in [0.15, 0.2) is 0 Å². The molecule has 2 atom stereocenters. The molecule has 3 fully saturated rings. The minimum atomic E-state index is -0.865. The lowest BCUT2D eigenvalue weighted by Crippen LogP contribution is -2.56. The first-order valence-corrected chi connectivity index (χ1v) is 12.1. The van der Waals surface area contributed by atoms with E-state index in [0.717, 1.165) is 12.8 Å². The predicted octanol–water partition coefficient (Wildman–Crippen LogP) is 2.56. The Morgan fingerprint density at radius 3 is 2.12 bits per heavy atom. The maximum absolute atomic E-state index is 12.8. The molecule has 3 aliphatic rings. The molecule has 34 heavy (non-hydrogen) atoms. The Hall–Kier alpha value is -1.62. The molecular formula is C24H42N2O8. The summed E-state index contributed by atoms with van der Waals surface area (Å²) < 4.78 is 29.1. The highest BCUT2D eigenvalue weighted by molar-refractivity contribution is 5.69. The molecule has 10 heteroatoms. The van der Waals surface area contributed by atoms with Gasteiger partial charge in [-0.25, -0.2) is 9.59 Å². The summed E-state index contributed by atoms with van der Waals surface area (Å²) in [5.41, 5.74) is -2.30. The third-order valence-electron chi connectivity index (χ3n) is 5.84. The third kappa shape index (κ3) is 7.69. The average Bonchev–Trinajstić information content (AvgIpc) is 3.42. The molecule has 2 saturated heterocycles. The minimum absolute atomic E-state index is 0.129. The van der Waals surface area contributed by atoms with E-state index in [4.69, 9.17) is 23.7 Å². The maximum atomic E-state index is 12.8. The molecule has 3 rings (SSSR count). The van der Waals surface area contributed by atoms with Gasteiger partial charge in [0.15, 0.2) is 0 Å². The number of aliphatic hydroxyl groups is 1. The van der Waals surface area contributed by atoms with E-state index in [1.165, 1.54) is 0 Å². The molecule has 0 aromatic heterocycles. The van der Waals surface area contributed by atoms with Gasteiger partial charge in [0.2, 0.25) is 0 Å². The molecule has 1 aliphatic carbocycles. The second kappa shape index (κ2) is 9.79. The molecule has 1 N–H and O–H groups in total. The van der Waals surface area contributed by atoms with Crippen molar-refractivity contribution in [2.24, 2.45) is 0 Å². The fourth-order valence-corrected chi connectivity index (χ4v) is 4.35. The normalized spacial score (nSPS) is 26.4. The van der Waals surface area contributed by atoms with Gasteiger partial charge in [-0.2, -0.15) is 0 Å². The van der Waals surface area contributed by atoms with Gasteiger partial charge in [-0.05, 0) is 61.3 Å². The summed E-state index contributed by atoms with van der Waals surface area (Å²) in [6.07, 6.45) is 0.247. The summed E-state index contributed by atoms with van der Waals surface area (Å²) in [6, 6.07) is 0. The molecule has 1 spiro atoms. The fraction of sp³-hybridized carbons (Fsp3) is 0.917. The summed E-state index contributed by atoms with van der Waals surface area (Å²) in [7, 11) is 0. The van der Waals surface area contributed by atoms with Crippen LogP contribution >= 0.6 is 0 Å². The Labute approximate surface area is 202 Å². The molecule has 2 aliphatic heterocycles. The number of morpholine rings is 2. The largest absolute Gasteiger partial charge is 0.444 e. The van der Waals surface area contributed by atoms with Crippen LogP contribution in [0.3, 0.4) is 0 Å². The topological polar surface area (TPSA) is 107 Å². The quantitative estimate of drug-likeness (QED) is 0.611. The van der Waals surface area contributed by atoms with Crippen LogP contribution in [0.1, 0.15) is 61.3 Å². The van der Waals surface area contributed by atoms with E-state index in [9.17, 15) is 14.7 Å². The molecule has 2 amide bonds. The van der Waals surface area contributed by atoms with Gasteiger partial charge in [-0.1, -0.05) is 0 Å². The van der Waals surface area contributed by atoms with Crippen molar-refractivity contribution >= 4 is 12.2 Å². The Bertz CT molecular complexity index is 744. The van der Waals surface area contributed by atoms with Crippen molar-refractivity contribution in [3.05, 3.63) is 0 Å². The summed E-state index contributed by atoms with van der Waals surface area (Å²) in [4.78, 5) is 28.6. The van der Waals surface area contributed by atoms with Gasteiger partial charge in [0, 0.05) is 0 Å². The SMILES string of the molecule is CC(C)(C)OC(=O)N1C[C@@H](COCC(C)(C)OC(=O)N2C[C@@H](CO)OC3(CC3)C2)OC(C)(C)C1. The van der Waals surface area contributed by atoms with Gasteiger partial charge in [-0.15, -0.1) is 0 Å². The zero-order valence-corrected chi connectivity index (χ0v) is 21.7. The molecule has 0 aromatic carbocycles. The van der Waals surface area contributed by atoms with Crippen LogP contribution in [-0.4, -0.2) is 108 Å². The van der Waals surface area contributed by atoms with E-state index in [2.05, 4.69) is 0 Å². The lowest BCUT2D eigenvalue weighted by atomic mass is 10.1. The zero-order chi connectivity index (χ0) is 25.4. The number of aliphatic hydroxyl groups excluding tert-OH is 1. The van der Waals surface area contributed by atoms with E-state index in [1.54, 1.807) is 23.6 Å². The number of nitrogens with zero attached hydrogens (tertiary/aromatic N) is 2. The molecule has 2 heterocycles. The molecule has 0 unspecified atom stereocenters. The third-order valence-corrected chi connectivity index (χ3v) is 5.84. The molecule has 0 aromatic rings. The van der Waals surface area contributed by atoms with Gasteiger partial charge in [0.25, 0.3) is 0 Å². The number of carbonyl (C=O) groups is 2. The van der Waals surface area contributed by atoms with E-state index in [0.29, 0.717) is 26.2 Å². The molecule has 10 nitrogen and oxygen atoms in total. The highest BCUT2D eigenvalue weighted by Crippen LogP contribution is 2.43.